The molecule has 4 aliphatic rings. The summed E-state index contributed by atoms with van der Waals surface area (Å²) in [5, 5.41) is 2.73. The first-order chi connectivity index (χ1) is 12.0. The van der Waals surface area contributed by atoms with Crippen molar-refractivity contribution in [2.75, 3.05) is 26.2 Å². The summed E-state index contributed by atoms with van der Waals surface area (Å²) in [6.45, 7) is 5.70. The van der Waals surface area contributed by atoms with Crippen molar-refractivity contribution >= 4 is 17.7 Å². The van der Waals surface area contributed by atoms with Crippen LogP contribution in [0.4, 0.5) is 0 Å². The molecule has 7 nitrogen and oxygen atoms in total. The number of hydrogen-bond acceptors (Lipinski definition) is 4. The number of likely N-dealkylation sites (tertiary alicyclic amines) is 1. The third-order valence-electron chi connectivity index (χ3n) is 6.15. The number of fused-ring (bicyclic) bond motifs is 1. The fourth-order valence-electron chi connectivity index (χ4n) is 4.89. The largest absolute Gasteiger partial charge is 0.360 e. The lowest BCUT2D eigenvalue weighted by Gasteiger charge is -2.32. The lowest BCUT2D eigenvalue weighted by atomic mass is 9.76. The first-order valence-electron chi connectivity index (χ1n) is 9.24. The van der Waals surface area contributed by atoms with Gasteiger partial charge in [-0.25, -0.2) is 0 Å². The normalized spacial score (nSPS) is 36.4. The van der Waals surface area contributed by atoms with Crippen LogP contribution >= 0.6 is 0 Å². The van der Waals surface area contributed by atoms with Crippen molar-refractivity contribution < 1.29 is 19.1 Å². The Labute approximate surface area is 147 Å². The standard InChI is InChI=1S/C18H25N3O4/c1-3-11(4-2)21-10-18-6-5-12(25-18)14(15(18)17(21)24)16(23)20-8-7-19-13(22)9-20/h5-6,11-12,14-15H,3-4,7-10H2,1-2H3,(H,19,22)/t12-,14-,15+,18-/m0/s1. The maximum Gasteiger partial charge on any atom is 0.239 e. The summed E-state index contributed by atoms with van der Waals surface area (Å²) in [6.07, 6.45) is 5.34. The summed E-state index contributed by atoms with van der Waals surface area (Å²) in [7, 11) is 0. The molecule has 4 atom stereocenters. The zero-order valence-corrected chi connectivity index (χ0v) is 14.7. The highest BCUT2D eigenvalue weighted by atomic mass is 16.5. The lowest BCUT2D eigenvalue weighted by molar-refractivity contribution is -0.146. The minimum Gasteiger partial charge on any atom is -0.360 e. The summed E-state index contributed by atoms with van der Waals surface area (Å²) in [4.78, 5) is 41.4. The SMILES string of the molecule is CCC(CC)N1C[C@]23C=C[C@H](O2)[C@H](C(=O)N2CCNC(=O)C2)[C@@H]3C1=O. The Morgan fingerprint density at radius 1 is 1.40 bits per heavy atom. The Balaban J connectivity index is 1.61. The van der Waals surface area contributed by atoms with Crippen LogP contribution in [-0.4, -0.2) is 71.4 Å². The van der Waals surface area contributed by atoms with E-state index in [-0.39, 0.29) is 36.4 Å². The number of nitrogens with one attached hydrogen (secondary N) is 1. The van der Waals surface area contributed by atoms with Gasteiger partial charge in [0, 0.05) is 19.1 Å². The van der Waals surface area contributed by atoms with Crippen LogP contribution in [0.15, 0.2) is 12.2 Å². The van der Waals surface area contributed by atoms with Crippen LogP contribution in [0.3, 0.4) is 0 Å². The van der Waals surface area contributed by atoms with Crippen LogP contribution in [0.1, 0.15) is 26.7 Å². The lowest BCUT2D eigenvalue weighted by Crippen LogP contribution is -2.54. The molecule has 0 radical (unpaired) electrons. The number of carbonyl (C=O) groups is 3. The van der Waals surface area contributed by atoms with Crippen molar-refractivity contribution in [1.29, 1.82) is 0 Å². The van der Waals surface area contributed by atoms with Crippen molar-refractivity contribution in [2.45, 2.75) is 44.4 Å². The van der Waals surface area contributed by atoms with Gasteiger partial charge in [-0.15, -0.1) is 0 Å². The van der Waals surface area contributed by atoms with Crippen LogP contribution in [0.2, 0.25) is 0 Å². The van der Waals surface area contributed by atoms with Crippen molar-refractivity contribution in [3.63, 3.8) is 0 Å². The van der Waals surface area contributed by atoms with Gasteiger partial charge in [-0.1, -0.05) is 26.0 Å². The van der Waals surface area contributed by atoms with E-state index in [1.807, 2.05) is 17.1 Å². The van der Waals surface area contributed by atoms with Gasteiger partial charge < -0.3 is 19.9 Å². The minimum atomic E-state index is -0.664. The number of amides is 3. The Hall–Kier alpha value is -1.89. The van der Waals surface area contributed by atoms with E-state index in [0.717, 1.165) is 12.8 Å². The summed E-state index contributed by atoms with van der Waals surface area (Å²) in [6, 6.07) is 0.181. The number of carbonyl (C=O) groups excluding carboxylic acids is 3. The minimum absolute atomic E-state index is 0.0281. The Bertz CT molecular complexity index is 644. The van der Waals surface area contributed by atoms with Gasteiger partial charge in [-0.3, -0.25) is 14.4 Å². The Morgan fingerprint density at radius 3 is 2.84 bits per heavy atom. The highest BCUT2D eigenvalue weighted by Crippen LogP contribution is 2.52. The molecular formula is C18H25N3O4. The van der Waals surface area contributed by atoms with Gasteiger partial charge in [0.15, 0.2) is 0 Å². The predicted octanol–water partition coefficient (Wildman–Crippen LogP) is -0.0846. The van der Waals surface area contributed by atoms with Crippen LogP contribution in [0.25, 0.3) is 0 Å². The Morgan fingerprint density at radius 2 is 2.16 bits per heavy atom. The average Bonchev–Trinajstić information content (AvgIpc) is 3.24. The molecule has 0 unspecified atom stereocenters. The van der Waals surface area contributed by atoms with Gasteiger partial charge in [0.25, 0.3) is 0 Å². The van der Waals surface area contributed by atoms with E-state index in [2.05, 4.69) is 19.2 Å². The molecule has 0 aromatic heterocycles. The molecule has 7 heteroatoms. The number of ether oxygens (including phenoxy) is 1. The Kier molecular flexibility index (Phi) is 3.86. The van der Waals surface area contributed by atoms with Gasteiger partial charge in [0.05, 0.1) is 31.0 Å². The second-order valence-electron chi connectivity index (χ2n) is 7.45. The predicted molar refractivity (Wildman–Crippen MR) is 89.4 cm³/mol. The third-order valence-corrected chi connectivity index (χ3v) is 6.15. The van der Waals surface area contributed by atoms with E-state index in [1.54, 1.807) is 4.90 Å². The molecule has 0 aliphatic carbocycles. The van der Waals surface area contributed by atoms with E-state index in [9.17, 15) is 14.4 Å². The molecule has 2 bridgehead atoms. The summed E-state index contributed by atoms with van der Waals surface area (Å²) < 4.78 is 6.15. The second kappa shape index (κ2) is 5.83. The van der Waals surface area contributed by atoms with Gasteiger partial charge in [0.1, 0.15) is 5.60 Å². The van der Waals surface area contributed by atoms with Crippen molar-refractivity contribution in [3.05, 3.63) is 12.2 Å². The van der Waals surface area contributed by atoms with E-state index in [0.29, 0.717) is 19.6 Å². The highest BCUT2D eigenvalue weighted by Gasteiger charge is 2.67. The first kappa shape index (κ1) is 16.6. The smallest absolute Gasteiger partial charge is 0.239 e. The molecule has 0 aromatic rings. The molecular weight excluding hydrogens is 322 g/mol. The van der Waals surface area contributed by atoms with Crippen LogP contribution in [0, 0.1) is 11.8 Å². The topological polar surface area (TPSA) is 79.0 Å². The van der Waals surface area contributed by atoms with E-state index < -0.39 is 17.4 Å². The quantitative estimate of drug-likeness (QED) is 0.721. The zero-order valence-electron chi connectivity index (χ0n) is 14.7. The van der Waals surface area contributed by atoms with Crippen LogP contribution < -0.4 is 5.32 Å². The van der Waals surface area contributed by atoms with Crippen molar-refractivity contribution in [1.82, 2.24) is 15.1 Å². The van der Waals surface area contributed by atoms with E-state index in [1.165, 1.54) is 0 Å². The first-order valence-corrected chi connectivity index (χ1v) is 9.24. The molecule has 4 rings (SSSR count). The van der Waals surface area contributed by atoms with E-state index >= 15 is 0 Å². The highest BCUT2D eigenvalue weighted by molar-refractivity contribution is 5.94. The zero-order chi connectivity index (χ0) is 17.8. The molecule has 136 valence electrons. The summed E-state index contributed by atoms with van der Waals surface area (Å²) in [5.74, 6) is -1.22. The third kappa shape index (κ3) is 2.32. The average molecular weight is 347 g/mol. The maximum absolute atomic E-state index is 13.2. The van der Waals surface area contributed by atoms with Gasteiger partial charge >= 0.3 is 0 Å². The summed E-state index contributed by atoms with van der Waals surface area (Å²) in [5.41, 5.74) is -0.664. The maximum atomic E-state index is 13.2. The van der Waals surface area contributed by atoms with Crippen LogP contribution in [-0.2, 0) is 19.1 Å². The van der Waals surface area contributed by atoms with Gasteiger partial charge in [-0.2, -0.15) is 0 Å². The van der Waals surface area contributed by atoms with Crippen LogP contribution in [0.5, 0.6) is 0 Å². The van der Waals surface area contributed by atoms with Crippen molar-refractivity contribution in [2.24, 2.45) is 11.8 Å². The molecule has 3 fully saturated rings. The molecule has 3 saturated heterocycles. The molecule has 1 spiro atoms. The van der Waals surface area contributed by atoms with Gasteiger partial charge in [0.2, 0.25) is 17.7 Å². The molecule has 4 heterocycles. The molecule has 0 saturated carbocycles. The fourth-order valence-corrected chi connectivity index (χ4v) is 4.89. The molecule has 4 aliphatic heterocycles. The molecule has 1 N–H and O–H groups in total. The van der Waals surface area contributed by atoms with Gasteiger partial charge in [-0.05, 0) is 12.8 Å². The second-order valence-corrected chi connectivity index (χ2v) is 7.45. The fraction of sp³-hybridized carbons (Fsp3) is 0.722. The molecule has 3 amide bonds. The number of hydrogen-bond donors (Lipinski definition) is 1. The monoisotopic (exact) mass is 347 g/mol. The number of nitrogens with zero attached hydrogens (tertiary/aromatic N) is 2. The number of piperazine rings is 1. The molecule has 25 heavy (non-hydrogen) atoms. The molecule has 0 aromatic carbocycles. The number of rotatable bonds is 4. The van der Waals surface area contributed by atoms with Crippen molar-refractivity contribution in [3.8, 4) is 0 Å². The van der Waals surface area contributed by atoms with E-state index in [4.69, 9.17) is 4.74 Å². The summed E-state index contributed by atoms with van der Waals surface area (Å²) >= 11 is 0.